The fraction of sp³-hybridized carbons (Fsp3) is 0.556. The largest absolute Gasteiger partial charge is 1.00 e. The standard InChI is InChI=1S/2C9H13.2ClH.Ti/c2*1-9(2,3)8-6-4-5-7-8;;;/h2*4,6H,5H2,1-3H3;2*1H;/q;;;;+2/p-2. The molecule has 21 heavy (non-hydrogen) atoms. The molecule has 0 unspecified atom stereocenters. The molecule has 0 fully saturated rings. The van der Waals surface area contributed by atoms with Crippen molar-refractivity contribution in [2.45, 2.75) is 54.4 Å². The number of allylic oxidation sites excluding steroid dienone is 8. The SMILES string of the molecule is CC(C)(C)C1=[C]([Ti+2][C]2=C(C(C)(C)C)C=CC2)CC=C1.[Cl-].[Cl-]. The summed E-state index contributed by atoms with van der Waals surface area (Å²) in [6, 6.07) is 0. The minimum atomic E-state index is -0.114. The molecule has 0 aliphatic heterocycles. The van der Waals surface area contributed by atoms with Crippen molar-refractivity contribution in [1.29, 1.82) is 0 Å². The van der Waals surface area contributed by atoms with E-state index in [1.54, 1.807) is 18.9 Å². The Kier molecular flexibility index (Phi) is 7.78. The molecule has 2 aliphatic carbocycles. The third-order valence-corrected chi connectivity index (χ3v) is 6.20. The Morgan fingerprint density at radius 3 is 1.33 bits per heavy atom. The Labute approximate surface area is 152 Å². The molecule has 0 radical (unpaired) electrons. The minimum Gasteiger partial charge on any atom is -1.00 e. The van der Waals surface area contributed by atoms with Crippen molar-refractivity contribution < 1.29 is 44.0 Å². The molecule has 0 aromatic carbocycles. The van der Waals surface area contributed by atoms with Crippen LogP contribution in [0.5, 0.6) is 0 Å². The predicted molar refractivity (Wildman–Crippen MR) is 80.5 cm³/mol. The molecule has 0 aromatic rings. The maximum absolute atomic E-state index is 2.37. The summed E-state index contributed by atoms with van der Waals surface area (Å²) in [6.07, 6.45) is 11.9. The normalized spacial score (nSPS) is 17.8. The zero-order chi connectivity index (χ0) is 14.3. The van der Waals surface area contributed by atoms with Gasteiger partial charge in [-0.15, -0.1) is 0 Å². The Morgan fingerprint density at radius 2 is 1.05 bits per heavy atom. The summed E-state index contributed by atoms with van der Waals surface area (Å²) in [4.78, 5) is 0. The van der Waals surface area contributed by atoms with Gasteiger partial charge in [0.2, 0.25) is 0 Å². The third kappa shape index (κ3) is 5.13. The van der Waals surface area contributed by atoms with Gasteiger partial charge in [-0.1, -0.05) is 0 Å². The van der Waals surface area contributed by atoms with E-state index < -0.39 is 0 Å². The molecule has 0 N–H and O–H groups in total. The molecule has 0 aromatic heterocycles. The summed E-state index contributed by atoms with van der Waals surface area (Å²) in [5, 5.41) is 0. The molecule has 0 amide bonds. The van der Waals surface area contributed by atoms with Crippen LogP contribution in [0.4, 0.5) is 0 Å². The van der Waals surface area contributed by atoms with Crippen LogP contribution in [0.15, 0.2) is 43.2 Å². The van der Waals surface area contributed by atoms with Crippen LogP contribution in [0.25, 0.3) is 0 Å². The van der Waals surface area contributed by atoms with Gasteiger partial charge >= 0.3 is 128 Å². The van der Waals surface area contributed by atoms with Gasteiger partial charge in [0.25, 0.3) is 0 Å². The van der Waals surface area contributed by atoms with E-state index in [4.69, 9.17) is 0 Å². The van der Waals surface area contributed by atoms with Crippen molar-refractivity contribution in [3.8, 4) is 0 Å². The van der Waals surface area contributed by atoms with E-state index in [1.165, 1.54) is 12.8 Å². The Hall–Kier alpha value is 0.254. The molecule has 0 saturated heterocycles. The average Bonchev–Trinajstić information content (AvgIpc) is 2.83. The van der Waals surface area contributed by atoms with Crippen molar-refractivity contribution in [3.63, 3.8) is 0 Å². The predicted octanol–water partition coefficient (Wildman–Crippen LogP) is -0.403. The minimum absolute atomic E-state index is 0. The van der Waals surface area contributed by atoms with Gasteiger partial charge in [-0.25, -0.2) is 0 Å². The Balaban J connectivity index is 0.00000200. The van der Waals surface area contributed by atoms with Crippen molar-refractivity contribution in [2.75, 3.05) is 0 Å². The Bertz CT molecular complexity index is 448. The average molecular weight is 361 g/mol. The molecule has 0 heterocycles. The third-order valence-electron chi connectivity index (χ3n) is 3.78. The van der Waals surface area contributed by atoms with Crippen molar-refractivity contribution in [2.24, 2.45) is 10.8 Å². The first-order valence-corrected chi connectivity index (χ1v) is 8.83. The van der Waals surface area contributed by atoms with Gasteiger partial charge in [0.1, 0.15) is 0 Å². The fourth-order valence-electron chi connectivity index (χ4n) is 2.83. The van der Waals surface area contributed by atoms with Crippen LogP contribution >= 0.6 is 0 Å². The molecule has 0 nitrogen and oxygen atoms in total. The second-order valence-corrected chi connectivity index (χ2v) is 9.90. The van der Waals surface area contributed by atoms with Crippen LogP contribution in [-0.2, 0) is 19.2 Å². The zero-order valence-corrected chi connectivity index (χ0v) is 17.1. The molecule has 3 heteroatoms. The van der Waals surface area contributed by atoms with Gasteiger partial charge in [0, 0.05) is 0 Å². The van der Waals surface area contributed by atoms with Crippen molar-refractivity contribution >= 4 is 0 Å². The van der Waals surface area contributed by atoms with Crippen LogP contribution in [0, 0.1) is 10.8 Å². The quantitative estimate of drug-likeness (QED) is 0.588. The van der Waals surface area contributed by atoms with E-state index >= 15 is 0 Å². The summed E-state index contributed by atoms with van der Waals surface area (Å²) in [6.45, 7) is 14.1. The molecule has 0 atom stereocenters. The monoisotopic (exact) mass is 360 g/mol. The summed E-state index contributed by atoms with van der Waals surface area (Å²) in [5.74, 6) is 0. The van der Waals surface area contributed by atoms with E-state index in [-0.39, 0.29) is 44.0 Å². The van der Waals surface area contributed by atoms with Crippen LogP contribution in [0.2, 0.25) is 0 Å². The van der Waals surface area contributed by atoms with Gasteiger partial charge < -0.3 is 24.8 Å². The molecule has 2 rings (SSSR count). The van der Waals surface area contributed by atoms with E-state index in [0.717, 1.165) is 0 Å². The molecule has 0 saturated carbocycles. The molecule has 2 aliphatic rings. The maximum atomic E-state index is 2.37. The topological polar surface area (TPSA) is 0 Å². The number of hydrogen-bond acceptors (Lipinski definition) is 0. The Morgan fingerprint density at radius 1 is 0.714 bits per heavy atom. The van der Waals surface area contributed by atoms with E-state index in [2.05, 4.69) is 65.8 Å². The molecule has 0 bridgehead atoms. The van der Waals surface area contributed by atoms with Gasteiger partial charge in [-0.05, 0) is 0 Å². The number of rotatable bonds is 2. The van der Waals surface area contributed by atoms with Crippen LogP contribution in [0.3, 0.4) is 0 Å². The fourth-order valence-corrected chi connectivity index (χ4v) is 5.94. The molecule has 0 spiro atoms. The van der Waals surface area contributed by atoms with Crippen molar-refractivity contribution in [3.05, 3.63) is 43.2 Å². The second kappa shape index (κ2) is 7.69. The first-order chi connectivity index (χ1) is 8.69. The van der Waals surface area contributed by atoms with E-state index in [1.807, 2.05) is 0 Å². The zero-order valence-electron chi connectivity index (χ0n) is 14.0. The van der Waals surface area contributed by atoms with Gasteiger partial charge in [0.15, 0.2) is 0 Å². The summed E-state index contributed by atoms with van der Waals surface area (Å²) < 4.78 is 3.51. The first-order valence-electron chi connectivity index (χ1n) is 7.27. The smallest absolute Gasteiger partial charge is 1.00 e. The van der Waals surface area contributed by atoms with E-state index in [0.29, 0.717) is 10.8 Å². The molecular formula is C18H26Cl2Ti. The van der Waals surface area contributed by atoms with E-state index in [9.17, 15) is 0 Å². The second-order valence-electron chi connectivity index (χ2n) is 7.62. The van der Waals surface area contributed by atoms with Crippen LogP contribution < -0.4 is 24.8 Å². The summed E-state index contributed by atoms with van der Waals surface area (Å²) in [7, 11) is 0. The van der Waals surface area contributed by atoms with Gasteiger partial charge in [-0.3, -0.25) is 0 Å². The molecule has 116 valence electrons. The van der Waals surface area contributed by atoms with Crippen LogP contribution in [0.1, 0.15) is 54.4 Å². The first kappa shape index (κ1) is 21.3. The van der Waals surface area contributed by atoms with Gasteiger partial charge in [-0.2, -0.15) is 0 Å². The number of hydrogen-bond donors (Lipinski definition) is 0. The number of halogens is 2. The molecular weight excluding hydrogens is 335 g/mol. The van der Waals surface area contributed by atoms with Crippen molar-refractivity contribution in [1.82, 2.24) is 0 Å². The van der Waals surface area contributed by atoms with Gasteiger partial charge in [0.05, 0.1) is 0 Å². The maximum Gasteiger partial charge on any atom is -1.00 e. The summed E-state index contributed by atoms with van der Waals surface area (Å²) >= 11 is -0.114. The summed E-state index contributed by atoms with van der Waals surface area (Å²) in [5.41, 5.74) is 3.83. The van der Waals surface area contributed by atoms with Crippen LogP contribution in [-0.4, -0.2) is 0 Å².